The van der Waals surface area contributed by atoms with Gasteiger partial charge in [-0.3, -0.25) is 0 Å². The third kappa shape index (κ3) is 7.73. The van der Waals surface area contributed by atoms with Crippen LogP contribution >= 0.6 is 0 Å². The van der Waals surface area contributed by atoms with Crippen LogP contribution in [0.2, 0.25) is 30.7 Å². The van der Waals surface area contributed by atoms with Crippen molar-refractivity contribution in [3.8, 4) is 0 Å². The average molecular weight is 349 g/mol. The lowest BCUT2D eigenvalue weighted by Crippen LogP contribution is -2.45. The fourth-order valence-electron chi connectivity index (χ4n) is 2.47. The van der Waals surface area contributed by atoms with Crippen LogP contribution in [-0.4, -0.2) is 36.7 Å². The van der Waals surface area contributed by atoms with E-state index in [0.717, 1.165) is 45.5 Å². The highest BCUT2D eigenvalue weighted by Gasteiger charge is 2.41. The number of hydrogen-bond donors (Lipinski definition) is 0. The summed E-state index contributed by atoms with van der Waals surface area (Å²) in [7, 11) is -3.72. The minimum Gasteiger partial charge on any atom is -0.417 e. The zero-order chi connectivity index (χ0) is 17.2. The summed E-state index contributed by atoms with van der Waals surface area (Å²) in [6.45, 7) is 20.6. The van der Waals surface area contributed by atoms with Crippen molar-refractivity contribution < 1.29 is 13.3 Å². The molecule has 0 spiro atoms. The van der Waals surface area contributed by atoms with E-state index in [-0.39, 0.29) is 0 Å². The van der Waals surface area contributed by atoms with Crippen LogP contribution in [-0.2, 0) is 13.3 Å². The lowest BCUT2D eigenvalue weighted by molar-refractivity contribution is 0.163. The Morgan fingerprint density at radius 3 is 1.50 bits per heavy atom. The second kappa shape index (κ2) is 11.0. The molecular formula is C17H40O3Si2. The molecule has 0 radical (unpaired) electrons. The largest absolute Gasteiger partial charge is 0.417 e. The van der Waals surface area contributed by atoms with Gasteiger partial charge in [0.1, 0.15) is 0 Å². The summed E-state index contributed by atoms with van der Waals surface area (Å²) >= 11 is 0. The van der Waals surface area contributed by atoms with Crippen molar-refractivity contribution in [2.24, 2.45) is 0 Å². The molecule has 0 aromatic rings. The summed E-state index contributed by atoms with van der Waals surface area (Å²) in [5.74, 6) is 0. The van der Waals surface area contributed by atoms with Crippen LogP contribution < -0.4 is 0 Å². The molecule has 0 fully saturated rings. The maximum absolute atomic E-state index is 6.23. The van der Waals surface area contributed by atoms with Gasteiger partial charge in [-0.15, -0.1) is 0 Å². The Balaban J connectivity index is 4.74. The third-order valence-electron chi connectivity index (χ3n) is 4.65. The zero-order valence-corrected chi connectivity index (χ0v) is 18.3. The van der Waals surface area contributed by atoms with Crippen LogP contribution in [0.25, 0.3) is 0 Å². The maximum atomic E-state index is 6.23. The van der Waals surface area contributed by atoms with E-state index in [2.05, 4.69) is 54.3 Å². The molecule has 134 valence electrons. The molecule has 0 aliphatic heterocycles. The maximum Gasteiger partial charge on any atom is 0.337 e. The fraction of sp³-hybridized carbons (Fsp3) is 1.00. The van der Waals surface area contributed by atoms with Gasteiger partial charge in [0.2, 0.25) is 0 Å². The lowest BCUT2D eigenvalue weighted by Gasteiger charge is -2.37. The van der Waals surface area contributed by atoms with Crippen LogP contribution in [0.4, 0.5) is 0 Å². The second-order valence-electron chi connectivity index (χ2n) is 7.20. The highest BCUT2D eigenvalue weighted by atomic mass is 28.4. The van der Waals surface area contributed by atoms with E-state index in [1.807, 2.05) is 0 Å². The van der Waals surface area contributed by atoms with Gasteiger partial charge in [0.15, 0.2) is 8.32 Å². The molecule has 2 unspecified atom stereocenters. The average Bonchev–Trinajstić information content (AvgIpc) is 2.48. The first-order valence-corrected chi connectivity index (χ1v) is 14.5. The summed E-state index contributed by atoms with van der Waals surface area (Å²) in [6.07, 6.45) is 4.36. The van der Waals surface area contributed by atoms with Crippen molar-refractivity contribution in [3.63, 3.8) is 0 Å². The topological polar surface area (TPSA) is 27.7 Å². The van der Waals surface area contributed by atoms with E-state index < -0.39 is 16.9 Å². The normalized spacial score (nSPS) is 15.8. The predicted octanol–water partition coefficient (Wildman–Crippen LogP) is 5.71. The molecule has 2 atom stereocenters. The first-order valence-electron chi connectivity index (χ1n) is 9.15. The summed E-state index contributed by atoms with van der Waals surface area (Å²) in [5, 5.41) is 0. The van der Waals surface area contributed by atoms with Gasteiger partial charge < -0.3 is 13.3 Å². The Kier molecular flexibility index (Phi) is 11.1. The molecular weight excluding hydrogens is 308 g/mol. The minimum absolute atomic E-state index is 0.498. The summed E-state index contributed by atoms with van der Waals surface area (Å²) in [4.78, 5) is 0. The molecule has 5 heteroatoms. The van der Waals surface area contributed by atoms with Crippen LogP contribution in [0.1, 0.15) is 60.3 Å². The van der Waals surface area contributed by atoms with Crippen molar-refractivity contribution in [2.45, 2.75) is 91.0 Å². The number of hydrogen-bond acceptors (Lipinski definition) is 3. The van der Waals surface area contributed by atoms with Gasteiger partial charge in [0.25, 0.3) is 0 Å². The first kappa shape index (κ1) is 22.3. The van der Waals surface area contributed by atoms with Crippen molar-refractivity contribution >= 4 is 16.9 Å². The van der Waals surface area contributed by atoms with Gasteiger partial charge in [0.05, 0.1) is 0 Å². The molecule has 0 rings (SSSR count). The van der Waals surface area contributed by atoms with Gasteiger partial charge in [-0.1, -0.05) is 34.6 Å². The van der Waals surface area contributed by atoms with Crippen LogP contribution in [0.5, 0.6) is 0 Å². The second-order valence-corrected chi connectivity index (χ2v) is 15.3. The lowest BCUT2D eigenvalue weighted by atomic mass is 10.2. The molecule has 0 aliphatic rings. The Hall–Kier alpha value is 0.314. The molecule has 0 aliphatic carbocycles. The molecule has 3 nitrogen and oxygen atoms in total. The summed E-state index contributed by atoms with van der Waals surface area (Å²) in [6, 6.07) is 0. The standard InChI is InChI=1S/C17H40O3Si2/c1-9-12-18-21(6,7)16(4)15-17(5)22(8,19-13-10-2)20-14-11-3/h16-17H,9-15H2,1-8H3. The Morgan fingerprint density at radius 1 is 0.682 bits per heavy atom. The van der Waals surface area contributed by atoms with Gasteiger partial charge >= 0.3 is 8.56 Å². The Bertz CT molecular complexity index is 277. The first-order chi connectivity index (χ1) is 10.2. The van der Waals surface area contributed by atoms with Gasteiger partial charge in [-0.05, 0) is 56.4 Å². The van der Waals surface area contributed by atoms with Crippen molar-refractivity contribution in [1.29, 1.82) is 0 Å². The van der Waals surface area contributed by atoms with E-state index in [0.29, 0.717) is 11.1 Å². The number of rotatable bonds is 13. The van der Waals surface area contributed by atoms with Crippen molar-refractivity contribution in [2.75, 3.05) is 19.8 Å². The Labute approximate surface area is 141 Å². The highest BCUT2D eigenvalue weighted by Crippen LogP contribution is 2.37. The SMILES string of the molecule is CCCO[Si](C)(C)C(C)CC(C)[Si](C)(OCCC)OCCC. The van der Waals surface area contributed by atoms with E-state index in [1.54, 1.807) is 0 Å². The van der Waals surface area contributed by atoms with Gasteiger partial charge in [-0.2, -0.15) is 0 Å². The third-order valence-corrected chi connectivity index (χ3v) is 11.8. The minimum atomic E-state index is -2.10. The van der Waals surface area contributed by atoms with Crippen LogP contribution in [0, 0.1) is 0 Å². The van der Waals surface area contributed by atoms with Crippen LogP contribution in [0.15, 0.2) is 0 Å². The molecule has 0 aromatic heterocycles. The molecule has 0 aromatic carbocycles. The predicted molar refractivity (Wildman–Crippen MR) is 101 cm³/mol. The molecule has 0 bridgehead atoms. The molecule has 22 heavy (non-hydrogen) atoms. The quantitative estimate of drug-likeness (QED) is 0.399. The van der Waals surface area contributed by atoms with Gasteiger partial charge in [0, 0.05) is 19.8 Å². The van der Waals surface area contributed by atoms with Crippen LogP contribution in [0.3, 0.4) is 0 Å². The van der Waals surface area contributed by atoms with Crippen molar-refractivity contribution in [1.82, 2.24) is 0 Å². The van der Waals surface area contributed by atoms with E-state index in [9.17, 15) is 0 Å². The summed E-state index contributed by atoms with van der Waals surface area (Å²) in [5.41, 5.74) is 1.12. The molecule has 0 N–H and O–H groups in total. The Morgan fingerprint density at radius 2 is 1.09 bits per heavy atom. The molecule has 0 heterocycles. The van der Waals surface area contributed by atoms with E-state index >= 15 is 0 Å². The molecule has 0 saturated heterocycles. The van der Waals surface area contributed by atoms with E-state index in [1.165, 1.54) is 0 Å². The molecule has 0 saturated carbocycles. The monoisotopic (exact) mass is 348 g/mol. The highest BCUT2D eigenvalue weighted by molar-refractivity contribution is 6.73. The van der Waals surface area contributed by atoms with Gasteiger partial charge in [-0.25, -0.2) is 0 Å². The fourth-order valence-corrected chi connectivity index (χ4v) is 7.30. The van der Waals surface area contributed by atoms with E-state index in [4.69, 9.17) is 13.3 Å². The zero-order valence-electron chi connectivity index (χ0n) is 16.3. The van der Waals surface area contributed by atoms with Crippen molar-refractivity contribution in [3.05, 3.63) is 0 Å². The summed E-state index contributed by atoms with van der Waals surface area (Å²) < 4.78 is 18.6. The smallest absolute Gasteiger partial charge is 0.337 e. The molecule has 0 amide bonds.